The predicted octanol–water partition coefficient (Wildman–Crippen LogP) is 3.35. The lowest BCUT2D eigenvalue weighted by molar-refractivity contribution is 0.565. The second-order valence-electron chi connectivity index (χ2n) is 4.62. The van der Waals surface area contributed by atoms with Crippen molar-refractivity contribution < 1.29 is 0 Å². The molecular formula is C14H23N. The molecule has 0 saturated carbocycles. The van der Waals surface area contributed by atoms with Crippen LogP contribution < -0.4 is 5.32 Å². The molecule has 0 bridgehead atoms. The van der Waals surface area contributed by atoms with Gasteiger partial charge in [-0.1, -0.05) is 38.1 Å². The summed E-state index contributed by atoms with van der Waals surface area (Å²) in [7, 11) is 2.02. The summed E-state index contributed by atoms with van der Waals surface area (Å²) >= 11 is 0. The number of aryl methyl sites for hydroxylation is 1. The maximum Gasteiger partial charge on any atom is 0.00388 e. The van der Waals surface area contributed by atoms with E-state index < -0.39 is 0 Å². The van der Waals surface area contributed by atoms with Gasteiger partial charge in [0.2, 0.25) is 0 Å². The molecule has 0 radical (unpaired) electrons. The van der Waals surface area contributed by atoms with Crippen molar-refractivity contribution in [2.75, 3.05) is 7.05 Å². The van der Waals surface area contributed by atoms with Crippen LogP contribution in [0.25, 0.3) is 0 Å². The highest BCUT2D eigenvalue weighted by Gasteiger charge is 2.01. The maximum absolute atomic E-state index is 3.26. The van der Waals surface area contributed by atoms with Crippen molar-refractivity contribution in [3.05, 3.63) is 35.4 Å². The van der Waals surface area contributed by atoms with Crippen molar-refractivity contribution in [2.45, 2.75) is 45.6 Å². The zero-order chi connectivity index (χ0) is 11.3. The van der Waals surface area contributed by atoms with Crippen LogP contribution in [0.15, 0.2) is 24.3 Å². The molecule has 0 aromatic heterocycles. The molecule has 1 rings (SSSR count). The van der Waals surface area contributed by atoms with E-state index in [1.54, 1.807) is 0 Å². The highest BCUT2D eigenvalue weighted by molar-refractivity contribution is 5.24. The highest BCUT2D eigenvalue weighted by Crippen LogP contribution is 2.15. The van der Waals surface area contributed by atoms with Gasteiger partial charge in [-0.15, -0.1) is 0 Å². The third-order valence-corrected chi connectivity index (χ3v) is 3.01. The van der Waals surface area contributed by atoms with E-state index in [4.69, 9.17) is 0 Å². The fraction of sp³-hybridized carbons (Fsp3) is 0.571. The molecule has 0 amide bonds. The second-order valence-corrected chi connectivity index (χ2v) is 4.62. The number of hydrogen-bond donors (Lipinski definition) is 1. The van der Waals surface area contributed by atoms with Crippen molar-refractivity contribution in [1.29, 1.82) is 0 Å². The van der Waals surface area contributed by atoms with Crippen LogP contribution in [0.5, 0.6) is 0 Å². The standard InChI is InChI=1S/C14H23N/c1-11(2)14-9-7-13(8-10-14)6-5-12(3)15-4/h7-12,15H,5-6H2,1-4H3/t12-/m1/s1. The van der Waals surface area contributed by atoms with Crippen molar-refractivity contribution >= 4 is 0 Å². The summed E-state index contributed by atoms with van der Waals surface area (Å²) in [6, 6.07) is 9.64. The Morgan fingerprint density at radius 1 is 1.07 bits per heavy atom. The van der Waals surface area contributed by atoms with Crippen molar-refractivity contribution in [1.82, 2.24) is 5.32 Å². The van der Waals surface area contributed by atoms with E-state index in [2.05, 4.69) is 50.4 Å². The minimum absolute atomic E-state index is 0.606. The summed E-state index contributed by atoms with van der Waals surface area (Å²) in [6.45, 7) is 6.69. The molecule has 15 heavy (non-hydrogen) atoms. The normalized spacial score (nSPS) is 13.1. The second kappa shape index (κ2) is 5.92. The smallest absolute Gasteiger partial charge is 0.00388 e. The largest absolute Gasteiger partial charge is 0.317 e. The first kappa shape index (κ1) is 12.3. The molecule has 1 heteroatoms. The number of hydrogen-bond acceptors (Lipinski definition) is 1. The first-order chi connectivity index (χ1) is 7.13. The van der Waals surface area contributed by atoms with Gasteiger partial charge in [-0.25, -0.2) is 0 Å². The third-order valence-electron chi connectivity index (χ3n) is 3.01. The van der Waals surface area contributed by atoms with Crippen LogP contribution in [0.2, 0.25) is 0 Å². The zero-order valence-electron chi connectivity index (χ0n) is 10.4. The van der Waals surface area contributed by atoms with Crippen LogP contribution >= 0.6 is 0 Å². The monoisotopic (exact) mass is 205 g/mol. The van der Waals surface area contributed by atoms with Gasteiger partial charge in [-0.3, -0.25) is 0 Å². The summed E-state index contributed by atoms with van der Waals surface area (Å²) in [5.74, 6) is 0.635. The molecule has 0 aliphatic rings. The summed E-state index contributed by atoms with van der Waals surface area (Å²) in [4.78, 5) is 0. The van der Waals surface area contributed by atoms with Crippen LogP contribution in [0, 0.1) is 0 Å². The first-order valence-corrected chi connectivity index (χ1v) is 5.89. The summed E-state index contributed by atoms with van der Waals surface area (Å²) < 4.78 is 0. The molecule has 1 atom stereocenters. The van der Waals surface area contributed by atoms with Crippen LogP contribution in [0.3, 0.4) is 0 Å². The highest BCUT2D eigenvalue weighted by atomic mass is 14.8. The van der Waals surface area contributed by atoms with Crippen molar-refractivity contribution in [3.63, 3.8) is 0 Å². The zero-order valence-corrected chi connectivity index (χ0v) is 10.4. The average Bonchev–Trinajstić information content (AvgIpc) is 2.26. The quantitative estimate of drug-likeness (QED) is 0.777. The summed E-state index contributed by atoms with van der Waals surface area (Å²) in [6.07, 6.45) is 2.37. The molecular weight excluding hydrogens is 182 g/mol. The Morgan fingerprint density at radius 3 is 2.13 bits per heavy atom. The number of benzene rings is 1. The fourth-order valence-electron chi connectivity index (χ4n) is 1.60. The lowest BCUT2D eigenvalue weighted by Gasteiger charge is -2.10. The molecule has 0 heterocycles. The Hall–Kier alpha value is -0.820. The van der Waals surface area contributed by atoms with Gasteiger partial charge in [-0.05, 0) is 43.9 Å². The molecule has 0 unspecified atom stereocenters. The molecule has 1 aromatic rings. The number of rotatable bonds is 5. The topological polar surface area (TPSA) is 12.0 Å². The van der Waals surface area contributed by atoms with Crippen LogP contribution in [-0.4, -0.2) is 13.1 Å². The van der Waals surface area contributed by atoms with Crippen LogP contribution in [0.1, 0.15) is 44.2 Å². The van der Waals surface area contributed by atoms with Gasteiger partial charge in [-0.2, -0.15) is 0 Å². The van der Waals surface area contributed by atoms with E-state index in [9.17, 15) is 0 Å². The molecule has 1 aromatic carbocycles. The Bertz CT molecular complexity index is 274. The molecule has 84 valence electrons. The Kier molecular flexibility index (Phi) is 4.83. The average molecular weight is 205 g/mol. The van der Waals surface area contributed by atoms with Gasteiger partial charge >= 0.3 is 0 Å². The molecule has 0 spiro atoms. The van der Waals surface area contributed by atoms with Crippen molar-refractivity contribution in [2.24, 2.45) is 0 Å². The van der Waals surface area contributed by atoms with E-state index in [1.807, 2.05) is 7.05 Å². The lowest BCUT2D eigenvalue weighted by atomic mass is 9.99. The van der Waals surface area contributed by atoms with E-state index in [-0.39, 0.29) is 0 Å². The van der Waals surface area contributed by atoms with E-state index in [0.717, 1.165) is 0 Å². The van der Waals surface area contributed by atoms with Crippen LogP contribution in [-0.2, 0) is 6.42 Å². The van der Waals surface area contributed by atoms with Gasteiger partial charge < -0.3 is 5.32 Å². The van der Waals surface area contributed by atoms with Gasteiger partial charge in [0.15, 0.2) is 0 Å². The van der Waals surface area contributed by atoms with Gasteiger partial charge in [0.25, 0.3) is 0 Å². The summed E-state index contributed by atoms with van der Waals surface area (Å²) in [5, 5.41) is 3.26. The third kappa shape index (κ3) is 4.05. The fourth-order valence-corrected chi connectivity index (χ4v) is 1.60. The van der Waals surface area contributed by atoms with E-state index in [1.165, 1.54) is 24.0 Å². The molecule has 0 aliphatic carbocycles. The molecule has 1 N–H and O–H groups in total. The Morgan fingerprint density at radius 2 is 1.67 bits per heavy atom. The van der Waals surface area contributed by atoms with E-state index in [0.29, 0.717) is 12.0 Å². The number of nitrogens with one attached hydrogen (secondary N) is 1. The maximum atomic E-state index is 3.26. The molecule has 0 fully saturated rings. The van der Waals surface area contributed by atoms with Crippen molar-refractivity contribution in [3.8, 4) is 0 Å². The SMILES string of the molecule is CN[C@H](C)CCc1ccc(C(C)C)cc1. The lowest BCUT2D eigenvalue weighted by Crippen LogP contribution is -2.21. The van der Waals surface area contributed by atoms with Gasteiger partial charge in [0, 0.05) is 6.04 Å². The molecule has 0 aliphatic heterocycles. The van der Waals surface area contributed by atoms with Crippen LogP contribution in [0.4, 0.5) is 0 Å². The van der Waals surface area contributed by atoms with Gasteiger partial charge in [0.05, 0.1) is 0 Å². The molecule has 1 nitrogen and oxygen atoms in total. The minimum atomic E-state index is 0.606. The minimum Gasteiger partial charge on any atom is -0.317 e. The van der Waals surface area contributed by atoms with E-state index >= 15 is 0 Å². The first-order valence-electron chi connectivity index (χ1n) is 5.89. The Labute approximate surface area is 93.9 Å². The summed E-state index contributed by atoms with van der Waals surface area (Å²) in [5.41, 5.74) is 2.88. The Balaban J connectivity index is 2.50. The predicted molar refractivity (Wildman–Crippen MR) is 67.4 cm³/mol. The molecule has 0 saturated heterocycles. The van der Waals surface area contributed by atoms with Gasteiger partial charge in [0.1, 0.15) is 0 Å².